The summed E-state index contributed by atoms with van der Waals surface area (Å²) in [6, 6.07) is 20.4. The van der Waals surface area contributed by atoms with Crippen LogP contribution in [0.15, 0.2) is 71.8 Å². The maximum absolute atomic E-state index is 11.7. The first-order chi connectivity index (χ1) is 13.5. The minimum absolute atomic E-state index is 0.823. The van der Waals surface area contributed by atoms with Gasteiger partial charge >= 0.3 is 0 Å². The predicted octanol–water partition coefficient (Wildman–Crippen LogP) is 5.89. The molecule has 0 aliphatic heterocycles. The first kappa shape index (κ1) is 18.9. The largest absolute Gasteiger partial charge is 0.612 e. The monoisotopic (exact) mass is 404 g/mol. The van der Waals surface area contributed by atoms with Crippen LogP contribution in [0.25, 0.3) is 32.3 Å². The van der Waals surface area contributed by atoms with Crippen molar-refractivity contribution in [3.05, 3.63) is 78.1 Å². The second kappa shape index (κ2) is 7.87. The molecule has 140 valence electrons. The Hall–Kier alpha value is -2.47. The highest BCUT2D eigenvalue weighted by Gasteiger charge is 2.17. The standard InChI is InChI=1S/C23H20N2OS2/c1-15-5-4-6-18(13-15)21-22(19-11-12-24-16(2)14-19)27-23(25-21)17-7-9-20(10-8-17)28(3)26/h4-14H,1-3H3. The third-order valence-electron chi connectivity index (χ3n) is 4.51. The van der Waals surface area contributed by atoms with Crippen molar-refractivity contribution in [2.24, 2.45) is 0 Å². The van der Waals surface area contributed by atoms with E-state index in [1.54, 1.807) is 17.6 Å². The molecule has 0 spiro atoms. The summed E-state index contributed by atoms with van der Waals surface area (Å²) in [4.78, 5) is 11.3. The van der Waals surface area contributed by atoms with Gasteiger partial charge in [0, 0.05) is 23.0 Å². The lowest BCUT2D eigenvalue weighted by atomic mass is 10.1. The van der Waals surface area contributed by atoms with Crippen LogP contribution in [0.4, 0.5) is 0 Å². The van der Waals surface area contributed by atoms with Crippen LogP contribution in [-0.2, 0) is 11.2 Å². The third kappa shape index (κ3) is 3.87. The molecule has 2 aromatic heterocycles. The fourth-order valence-corrected chi connectivity index (χ4v) is 4.71. The Labute approximate surface area is 172 Å². The molecule has 5 heteroatoms. The van der Waals surface area contributed by atoms with E-state index in [4.69, 9.17) is 4.98 Å². The summed E-state index contributed by atoms with van der Waals surface area (Å²) in [5.74, 6) is 0. The fourth-order valence-electron chi connectivity index (χ4n) is 3.10. The van der Waals surface area contributed by atoms with Gasteiger partial charge < -0.3 is 4.55 Å². The number of pyridine rings is 1. The molecule has 28 heavy (non-hydrogen) atoms. The van der Waals surface area contributed by atoms with Crippen LogP contribution in [0.5, 0.6) is 0 Å². The zero-order valence-electron chi connectivity index (χ0n) is 16.0. The zero-order valence-corrected chi connectivity index (χ0v) is 17.6. The molecular formula is C23H20N2OS2. The van der Waals surface area contributed by atoms with Gasteiger partial charge in [0.25, 0.3) is 0 Å². The molecule has 0 saturated carbocycles. The minimum Gasteiger partial charge on any atom is -0.612 e. The molecule has 0 aliphatic rings. The highest BCUT2D eigenvalue weighted by Crippen LogP contribution is 2.40. The molecule has 0 fully saturated rings. The van der Waals surface area contributed by atoms with Crippen molar-refractivity contribution >= 4 is 22.5 Å². The lowest BCUT2D eigenvalue weighted by Crippen LogP contribution is -1.96. The van der Waals surface area contributed by atoms with E-state index in [-0.39, 0.29) is 0 Å². The Morgan fingerprint density at radius 1 is 0.893 bits per heavy atom. The molecule has 1 atom stereocenters. The van der Waals surface area contributed by atoms with E-state index in [0.717, 1.165) is 42.9 Å². The van der Waals surface area contributed by atoms with Crippen LogP contribution in [0.2, 0.25) is 0 Å². The van der Waals surface area contributed by atoms with Crippen LogP contribution in [0.1, 0.15) is 11.3 Å². The molecule has 0 saturated heterocycles. The summed E-state index contributed by atoms with van der Waals surface area (Å²) < 4.78 is 11.7. The Kier molecular flexibility index (Phi) is 5.31. The highest BCUT2D eigenvalue weighted by molar-refractivity contribution is 7.90. The number of nitrogens with zero attached hydrogens (tertiary/aromatic N) is 2. The van der Waals surface area contributed by atoms with Gasteiger partial charge in [0.05, 0.1) is 10.6 Å². The number of rotatable bonds is 4. The van der Waals surface area contributed by atoms with Crippen LogP contribution in [0, 0.1) is 13.8 Å². The van der Waals surface area contributed by atoms with E-state index in [9.17, 15) is 4.55 Å². The summed E-state index contributed by atoms with van der Waals surface area (Å²) in [5, 5.41) is 0.953. The van der Waals surface area contributed by atoms with Gasteiger partial charge in [-0.3, -0.25) is 4.98 Å². The van der Waals surface area contributed by atoms with Gasteiger partial charge in [0.15, 0.2) is 4.90 Å². The normalized spacial score (nSPS) is 12.1. The fraction of sp³-hybridized carbons (Fsp3) is 0.130. The molecule has 0 N–H and O–H groups in total. The molecule has 4 aromatic rings. The molecule has 2 heterocycles. The lowest BCUT2D eigenvalue weighted by molar-refractivity contribution is 0.601. The minimum atomic E-state index is -0.981. The maximum atomic E-state index is 11.7. The summed E-state index contributed by atoms with van der Waals surface area (Å²) in [6.45, 7) is 4.10. The van der Waals surface area contributed by atoms with Gasteiger partial charge in [-0.25, -0.2) is 4.98 Å². The number of aromatic nitrogens is 2. The summed E-state index contributed by atoms with van der Waals surface area (Å²) in [7, 11) is 0. The number of thiazole rings is 1. The van der Waals surface area contributed by atoms with Crippen molar-refractivity contribution < 1.29 is 4.55 Å². The van der Waals surface area contributed by atoms with E-state index in [1.807, 2.05) is 43.5 Å². The number of benzene rings is 2. The smallest absolute Gasteiger partial charge is 0.152 e. The second-order valence-electron chi connectivity index (χ2n) is 6.73. The van der Waals surface area contributed by atoms with E-state index in [2.05, 4.69) is 42.2 Å². The molecule has 0 bridgehead atoms. The van der Waals surface area contributed by atoms with E-state index < -0.39 is 11.2 Å². The molecular weight excluding hydrogens is 384 g/mol. The Bertz CT molecular complexity index is 1050. The van der Waals surface area contributed by atoms with E-state index in [1.165, 1.54) is 5.56 Å². The Morgan fingerprint density at radius 3 is 2.36 bits per heavy atom. The third-order valence-corrected chi connectivity index (χ3v) is 6.60. The molecule has 0 aliphatic carbocycles. The summed E-state index contributed by atoms with van der Waals surface area (Å²) >= 11 is 0.693. The van der Waals surface area contributed by atoms with Gasteiger partial charge in [-0.05, 0) is 73.1 Å². The average Bonchev–Trinajstić information content (AvgIpc) is 3.13. The van der Waals surface area contributed by atoms with Gasteiger partial charge in [0.2, 0.25) is 0 Å². The second-order valence-corrected chi connectivity index (χ2v) is 9.11. The van der Waals surface area contributed by atoms with Gasteiger partial charge in [-0.2, -0.15) is 0 Å². The van der Waals surface area contributed by atoms with Crippen LogP contribution in [0.3, 0.4) is 0 Å². The van der Waals surface area contributed by atoms with Crippen molar-refractivity contribution in [2.75, 3.05) is 6.26 Å². The molecule has 0 radical (unpaired) electrons. The SMILES string of the molecule is Cc1cccc(-c2nc(-c3ccc([S+](C)[O-])cc3)sc2-c2ccnc(C)c2)c1. The van der Waals surface area contributed by atoms with Crippen LogP contribution < -0.4 is 0 Å². The maximum Gasteiger partial charge on any atom is 0.152 e. The topological polar surface area (TPSA) is 48.8 Å². The number of aryl methyl sites for hydroxylation is 2. The molecule has 2 aromatic carbocycles. The van der Waals surface area contributed by atoms with Crippen molar-refractivity contribution in [3.63, 3.8) is 0 Å². The van der Waals surface area contributed by atoms with Crippen LogP contribution >= 0.6 is 11.3 Å². The Balaban J connectivity index is 1.86. The van der Waals surface area contributed by atoms with E-state index >= 15 is 0 Å². The number of hydrogen-bond acceptors (Lipinski definition) is 4. The van der Waals surface area contributed by atoms with E-state index in [0.29, 0.717) is 0 Å². The summed E-state index contributed by atoms with van der Waals surface area (Å²) in [5.41, 5.74) is 6.44. The predicted molar refractivity (Wildman–Crippen MR) is 118 cm³/mol. The summed E-state index contributed by atoms with van der Waals surface area (Å²) in [6.07, 6.45) is 3.54. The lowest BCUT2D eigenvalue weighted by Gasteiger charge is -2.04. The van der Waals surface area contributed by atoms with Crippen molar-refractivity contribution in [3.8, 4) is 32.3 Å². The van der Waals surface area contributed by atoms with Gasteiger partial charge in [0.1, 0.15) is 11.3 Å². The quantitative estimate of drug-likeness (QED) is 0.398. The average molecular weight is 405 g/mol. The molecule has 0 amide bonds. The van der Waals surface area contributed by atoms with Gasteiger partial charge in [-0.15, -0.1) is 11.3 Å². The van der Waals surface area contributed by atoms with Crippen molar-refractivity contribution in [1.82, 2.24) is 9.97 Å². The number of hydrogen-bond donors (Lipinski definition) is 0. The van der Waals surface area contributed by atoms with Crippen LogP contribution in [-0.4, -0.2) is 20.8 Å². The van der Waals surface area contributed by atoms with Crippen molar-refractivity contribution in [1.29, 1.82) is 0 Å². The van der Waals surface area contributed by atoms with Crippen molar-refractivity contribution in [2.45, 2.75) is 18.7 Å². The first-order valence-electron chi connectivity index (χ1n) is 8.96. The molecule has 4 rings (SSSR count). The highest BCUT2D eigenvalue weighted by atomic mass is 32.2. The van der Waals surface area contributed by atoms with Gasteiger partial charge in [-0.1, -0.05) is 23.8 Å². The zero-order chi connectivity index (χ0) is 19.7. The first-order valence-corrected chi connectivity index (χ1v) is 11.3. The molecule has 3 nitrogen and oxygen atoms in total. The Morgan fingerprint density at radius 2 is 1.68 bits per heavy atom. The molecule has 1 unspecified atom stereocenters.